The molecule has 1 N–H and O–H groups in total. The van der Waals surface area contributed by atoms with Crippen molar-refractivity contribution >= 4 is 0 Å². The van der Waals surface area contributed by atoms with Gasteiger partial charge in [-0.05, 0) is 25.0 Å². The first-order valence-corrected chi connectivity index (χ1v) is 8.06. The number of methoxy groups -OCH3 is 1. The molecule has 2 aliphatic rings. The zero-order chi connectivity index (χ0) is 16.8. The zero-order valence-electron chi connectivity index (χ0n) is 13.5. The highest BCUT2D eigenvalue weighted by molar-refractivity contribution is 5.66. The summed E-state index contributed by atoms with van der Waals surface area (Å²) in [5.74, 6) is 4.20. The Bertz CT molecular complexity index is 913. The van der Waals surface area contributed by atoms with Gasteiger partial charge in [0.25, 0.3) is 5.89 Å². The third-order valence-corrected chi connectivity index (χ3v) is 4.17. The molecule has 0 spiro atoms. The molecule has 1 fully saturated rings. The summed E-state index contributed by atoms with van der Waals surface area (Å²) in [4.78, 5) is 8.83. The van der Waals surface area contributed by atoms with Crippen molar-refractivity contribution in [1.29, 1.82) is 0 Å². The van der Waals surface area contributed by atoms with Crippen LogP contribution in [0.15, 0.2) is 16.7 Å². The first-order chi connectivity index (χ1) is 12.3. The standard InChI is InChI=1S/C16H15N5O4/c1-22-10-6-9(7-11-12(10)24-5-4-23-11)16-18-15(21-25-16)14-17-13(19-20-14)8-2-3-8/h6-8H,2-5H2,1H3,(H,17,19,20). The predicted octanol–water partition coefficient (Wildman–Crippen LogP) is 2.18. The minimum absolute atomic E-state index is 0.336. The summed E-state index contributed by atoms with van der Waals surface area (Å²) in [7, 11) is 1.57. The van der Waals surface area contributed by atoms with Gasteiger partial charge in [-0.2, -0.15) is 4.98 Å². The number of nitrogens with zero attached hydrogens (tertiary/aromatic N) is 4. The van der Waals surface area contributed by atoms with E-state index in [0.717, 1.165) is 18.7 Å². The van der Waals surface area contributed by atoms with E-state index in [9.17, 15) is 0 Å². The molecule has 1 aliphatic heterocycles. The number of benzene rings is 1. The van der Waals surface area contributed by atoms with E-state index in [1.165, 1.54) is 0 Å². The monoisotopic (exact) mass is 341 g/mol. The molecule has 0 saturated heterocycles. The fourth-order valence-electron chi connectivity index (χ4n) is 2.74. The van der Waals surface area contributed by atoms with Crippen LogP contribution < -0.4 is 14.2 Å². The van der Waals surface area contributed by atoms with Gasteiger partial charge < -0.3 is 18.7 Å². The van der Waals surface area contributed by atoms with Crippen LogP contribution >= 0.6 is 0 Å². The fraction of sp³-hybridized carbons (Fsp3) is 0.375. The SMILES string of the molecule is COc1cc(-c2nc(-c3n[nH]c(C4CC4)n3)no2)cc2c1OCCO2. The van der Waals surface area contributed by atoms with E-state index in [1.807, 2.05) is 0 Å². The molecule has 1 aromatic carbocycles. The van der Waals surface area contributed by atoms with Crippen molar-refractivity contribution in [2.24, 2.45) is 0 Å². The predicted molar refractivity (Wildman–Crippen MR) is 84.6 cm³/mol. The lowest BCUT2D eigenvalue weighted by atomic mass is 10.1. The molecule has 0 atom stereocenters. The van der Waals surface area contributed by atoms with Crippen molar-refractivity contribution in [3.8, 4) is 40.4 Å². The summed E-state index contributed by atoms with van der Waals surface area (Å²) in [6.07, 6.45) is 2.28. The van der Waals surface area contributed by atoms with E-state index in [4.69, 9.17) is 18.7 Å². The van der Waals surface area contributed by atoms with E-state index < -0.39 is 0 Å². The van der Waals surface area contributed by atoms with Gasteiger partial charge in [-0.1, -0.05) is 5.16 Å². The maximum absolute atomic E-state index is 5.63. The maximum Gasteiger partial charge on any atom is 0.258 e. The van der Waals surface area contributed by atoms with E-state index in [-0.39, 0.29) is 0 Å². The van der Waals surface area contributed by atoms with Crippen molar-refractivity contribution in [1.82, 2.24) is 25.3 Å². The molecule has 2 aromatic heterocycles. The number of hydrogen-bond acceptors (Lipinski definition) is 8. The number of nitrogens with one attached hydrogen (secondary N) is 1. The van der Waals surface area contributed by atoms with Gasteiger partial charge in [0.2, 0.25) is 17.4 Å². The summed E-state index contributed by atoms with van der Waals surface area (Å²) < 4.78 is 22.0. The molecule has 25 heavy (non-hydrogen) atoms. The molecule has 3 aromatic rings. The van der Waals surface area contributed by atoms with E-state index in [2.05, 4.69) is 25.3 Å². The van der Waals surface area contributed by atoms with Crippen molar-refractivity contribution < 1.29 is 18.7 Å². The van der Waals surface area contributed by atoms with Crippen LogP contribution in [0.4, 0.5) is 0 Å². The Morgan fingerprint density at radius 1 is 1.12 bits per heavy atom. The molecule has 1 aliphatic carbocycles. The third-order valence-electron chi connectivity index (χ3n) is 4.17. The summed E-state index contributed by atoms with van der Waals surface area (Å²) in [6, 6.07) is 3.57. The second-order valence-corrected chi connectivity index (χ2v) is 5.94. The molecule has 1 saturated carbocycles. The molecule has 0 bridgehead atoms. The van der Waals surface area contributed by atoms with E-state index in [0.29, 0.717) is 59.5 Å². The van der Waals surface area contributed by atoms with Gasteiger partial charge in [0.15, 0.2) is 11.5 Å². The van der Waals surface area contributed by atoms with E-state index in [1.54, 1.807) is 19.2 Å². The average Bonchev–Trinajstić information content (AvgIpc) is 3.19. The molecule has 5 rings (SSSR count). The molecule has 0 radical (unpaired) electrons. The molecule has 9 heteroatoms. The van der Waals surface area contributed by atoms with Crippen LogP contribution in [0.25, 0.3) is 23.1 Å². The fourth-order valence-corrected chi connectivity index (χ4v) is 2.74. The molecule has 0 unspecified atom stereocenters. The number of ether oxygens (including phenoxy) is 3. The minimum atomic E-state index is 0.336. The normalized spacial score (nSPS) is 16.0. The average molecular weight is 341 g/mol. The van der Waals surface area contributed by atoms with Crippen LogP contribution in [0, 0.1) is 0 Å². The highest BCUT2D eigenvalue weighted by Crippen LogP contribution is 2.43. The van der Waals surface area contributed by atoms with Crippen LogP contribution in [-0.2, 0) is 0 Å². The minimum Gasteiger partial charge on any atom is -0.493 e. The van der Waals surface area contributed by atoms with Crippen molar-refractivity contribution in [3.05, 3.63) is 18.0 Å². The number of H-pyrrole nitrogens is 1. The highest BCUT2D eigenvalue weighted by atomic mass is 16.6. The lowest BCUT2D eigenvalue weighted by Crippen LogP contribution is -2.16. The largest absolute Gasteiger partial charge is 0.493 e. The van der Waals surface area contributed by atoms with Crippen molar-refractivity contribution in [3.63, 3.8) is 0 Å². The molecule has 3 heterocycles. The molecule has 128 valence electrons. The van der Waals surface area contributed by atoms with Gasteiger partial charge >= 0.3 is 0 Å². The van der Waals surface area contributed by atoms with Crippen LogP contribution in [0.3, 0.4) is 0 Å². The van der Waals surface area contributed by atoms with Crippen LogP contribution in [0.2, 0.25) is 0 Å². The number of aromatic nitrogens is 5. The lowest BCUT2D eigenvalue weighted by molar-refractivity contribution is 0.165. The summed E-state index contributed by atoms with van der Waals surface area (Å²) >= 11 is 0. The van der Waals surface area contributed by atoms with Gasteiger partial charge in [-0.3, -0.25) is 5.10 Å². The zero-order valence-corrected chi connectivity index (χ0v) is 13.5. The van der Waals surface area contributed by atoms with Gasteiger partial charge in [-0.15, -0.1) is 5.10 Å². The van der Waals surface area contributed by atoms with Gasteiger partial charge in [0.05, 0.1) is 7.11 Å². The van der Waals surface area contributed by atoms with Crippen LogP contribution in [-0.4, -0.2) is 45.6 Å². The van der Waals surface area contributed by atoms with Crippen molar-refractivity contribution in [2.45, 2.75) is 18.8 Å². The summed E-state index contributed by atoms with van der Waals surface area (Å²) in [5, 5.41) is 11.1. The second kappa shape index (κ2) is 5.47. The highest BCUT2D eigenvalue weighted by Gasteiger charge is 2.28. The van der Waals surface area contributed by atoms with Gasteiger partial charge in [0, 0.05) is 11.5 Å². The van der Waals surface area contributed by atoms with Crippen molar-refractivity contribution in [2.75, 3.05) is 20.3 Å². The third kappa shape index (κ3) is 2.48. The number of hydrogen-bond donors (Lipinski definition) is 1. The number of rotatable bonds is 4. The van der Waals surface area contributed by atoms with Gasteiger partial charge in [0.1, 0.15) is 19.0 Å². The Morgan fingerprint density at radius 2 is 2.00 bits per heavy atom. The Kier molecular flexibility index (Phi) is 3.12. The van der Waals surface area contributed by atoms with Crippen LogP contribution in [0.5, 0.6) is 17.2 Å². The first-order valence-electron chi connectivity index (χ1n) is 8.06. The van der Waals surface area contributed by atoms with E-state index >= 15 is 0 Å². The Labute approximate surface area is 142 Å². The number of aromatic amines is 1. The Morgan fingerprint density at radius 3 is 2.84 bits per heavy atom. The topological polar surface area (TPSA) is 108 Å². The van der Waals surface area contributed by atoms with Crippen LogP contribution in [0.1, 0.15) is 24.6 Å². The molecular formula is C16H15N5O4. The quantitative estimate of drug-likeness (QED) is 0.769. The Hall–Kier alpha value is -3.10. The summed E-state index contributed by atoms with van der Waals surface area (Å²) in [6.45, 7) is 0.970. The lowest BCUT2D eigenvalue weighted by Gasteiger charge is -2.20. The maximum atomic E-state index is 5.63. The van der Waals surface area contributed by atoms with Gasteiger partial charge in [-0.25, -0.2) is 4.98 Å². The Balaban J connectivity index is 1.50. The molecule has 0 amide bonds. The molecule has 9 nitrogen and oxygen atoms in total. The molecular weight excluding hydrogens is 326 g/mol. The summed E-state index contributed by atoms with van der Waals surface area (Å²) in [5.41, 5.74) is 0.679. The number of fused-ring (bicyclic) bond motifs is 1. The first kappa shape index (κ1) is 14.3. The smallest absolute Gasteiger partial charge is 0.258 e. The second-order valence-electron chi connectivity index (χ2n) is 5.94.